The summed E-state index contributed by atoms with van der Waals surface area (Å²) in [7, 11) is 0. The van der Waals surface area contributed by atoms with E-state index in [0.717, 1.165) is 8.04 Å². The molecular weight excluding hydrogens is 468 g/mol. The SMILES string of the molecule is CC(C)(C)OC(=O)N(c1cc(Cl)c(I)c(Br)c1)C(C)(C)C. The lowest BCUT2D eigenvalue weighted by molar-refractivity contribution is 0.0550. The minimum Gasteiger partial charge on any atom is -0.443 e. The van der Waals surface area contributed by atoms with Crippen LogP contribution in [0.1, 0.15) is 41.5 Å². The standard InChI is InChI=1S/C15H20BrClINO2/c1-14(2,3)19(13(20)21-15(4,5)6)9-7-10(16)12(18)11(17)8-9/h7-8H,1-6H3. The van der Waals surface area contributed by atoms with E-state index in [9.17, 15) is 4.79 Å². The third kappa shape index (κ3) is 5.28. The predicted molar refractivity (Wildman–Crippen MR) is 100 cm³/mol. The average Bonchev–Trinajstić information content (AvgIpc) is 2.20. The van der Waals surface area contributed by atoms with Gasteiger partial charge in [0, 0.05) is 13.6 Å². The normalized spacial score (nSPS) is 12.2. The predicted octanol–water partition coefficient (Wildman–Crippen LogP) is 6.25. The van der Waals surface area contributed by atoms with Crippen molar-refractivity contribution >= 4 is 61.9 Å². The van der Waals surface area contributed by atoms with Crippen LogP contribution in [0, 0.1) is 3.57 Å². The smallest absolute Gasteiger partial charge is 0.415 e. The van der Waals surface area contributed by atoms with E-state index in [0.29, 0.717) is 10.7 Å². The highest BCUT2D eigenvalue weighted by molar-refractivity contribution is 14.1. The molecular formula is C15H20BrClINO2. The van der Waals surface area contributed by atoms with E-state index in [4.69, 9.17) is 16.3 Å². The highest BCUT2D eigenvalue weighted by Gasteiger charge is 2.32. The van der Waals surface area contributed by atoms with Crippen molar-refractivity contribution in [2.75, 3.05) is 4.90 Å². The maximum absolute atomic E-state index is 12.6. The highest BCUT2D eigenvalue weighted by Crippen LogP contribution is 2.35. The molecule has 0 atom stereocenters. The van der Waals surface area contributed by atoms with Crippen LogP contribution in [0.15, 0.2) is 16.6 Å². The third-order valence-electron chi connectivity index (χ3n) is 2.47. The van der Waals surface area contributed by atoms with Crippen LogP contribution in [-0.2, 0) is 4.74 Å². The molecule has 0 unspecified atom stereocenters. The highest BCUT2D eigenvalue weighted by atomic mass is 127. The number of benzene rings is 1. The van der Waals surface area contributed by atoms with Gasteiger partial charge in [-0.3, -0.25) is 4.90 Å². The lowest BCUT2D eigenvalue weighted by Gasteiger charge is -2.37. The molecule has 0 radical (unpaired) electrons. The van der Waals surface area contributed by atoms with Gasteiger partial charge in [-0.15, -0.1) is 0 Å². The zero-order chi connectivity index (χ0) is 16.6. The van der Waals surface area contributed by atoms with Gasteiger partial charge < -0.3 is 4.74 Å². The molecule has 1 rings (SSSR count). The Balaban J connectivity index is 3.31. The Bertz CT molecular complexity index is 527. The molecule has 3 nitrogen and oxygen atoms in total. The summed E-state index contributed by atoms with van der Waals surface area (Å²) in [4.78, 5) is 14.2. The molecule has 0 saturated carbocycles. The minimum absolute atomic E-state index is 0.390. The lowest BCUT2D eigenvalue weighted by Crippen LogP contribution is -2.48. The second kappa shape index (κ2) is 6.62. The molecule has 0 spiro atoms. The van der Waals surface area contributed by atoms with Gasteiger partial charge >= 0.3 is 6.09 Å². The zero-order valence-corrected chi connectivity index (χ0v) is 17.6. The molecule has 0 aliphatic heterocycles. The van der Waals surface area contributed by atoms with Crippen LogP contribution in [0.4, 0.5) is 10.5 Å². The fraction of sp³-hybridized carbons (Fsp3) is 0.533. The topological polar surface area (TPSA) is 29.5 Å². The van der Waals surface area contributed by atoms with Crippen LogP contribution in [0.25, 0.3) is 0 Å². The molecule has 1 aromatic rings. The van der Waals surface area contributed by atoms with Crippen molar-refractivity contribution in [3.05, 3.63) is 25.2 Å². The molecule has 0 aliphatic rings. The Morgan fingerprint density at radius 1 is 1.24 bits per heavy atom. The Labute approximate surface area is 153 Å². The Kier molecular flexibility index (Phi) is 6.00. The minimum atomic E-state index is -0.551. The molecule has 0 aromatic heterocycles. The van der Waals surface area contributed by atoms with Crippen LogP contribution in [-0.4, -0.2) is 17.2 Å². The summed E-state index contributed by atoms with van der Waals surface area (Å²) in [5, 5.41) is 0.595. The summed E-state index contributed by atoms with van der Waals surface area (Å²) in [6, 6.07) is 3.66. The van der Waals surface area contributed by atoms with Crippen LogP contribution in [0.3, 0.4) is 0 Å². The van der Waals surface area contributed by atoms with E-state index in [1.807, 2.05) is 47.6 Å². The van der Waals surface area contributed by atoms with Crippen molar-refractivity contribution in [1.29, 1.82) is 0 Å². The van der Waals surface area contributed by atoms with Gasteiger partial charge in [0.1, 0.15) is 5.60 Å². The van der Waals surface area contributed by atoms with E-state index >= 15 is 0 Å². The molecule has 6 heteroatoms. The van der Waals surface area contributed by atoms with Crippen LogP contribution >= 0.6 is 50.1 Å². The van der Waals surface area contributed by atoms with Crippen LogP contribution in [0.2, 0.25) is 5.02 Å². The maximum atomic E-state index is 12.6. The van der Waals surface area contributed by atoms with Crippen LogP contribution in [0.5, 0.6) is 0 Å². The quantitative estimate of drug-likeness (QED) is 0.346. The number of carbonyl (C=O) groups excluding carboxylic acids is 1. The molecule has 0 N–H and O–H groups in total. The van der Waals surface area contributed by atoms with Crippen molar-refractivity contribution in [2.24, 2.45) is 0 Å². The third-order valence-corrected chi connectivity index (χ3v) is 5.62. The Hall–Kier alpha value is -0.0100. The number of amides is 1. The molecule has 118 valence electrons. The van der Waals surface area contributed by atoms with Crippen molar-refractivity contribution < 1.29 is 9.53 Å². The number of rotatable bonds is 1. The van der Waals surface area contributed by atoms with Gasteiger partial charge in [0.15, 0.2) is 0 Å². The first kappa shape index (κ1) is 19.0. The van der Waals surface area contributed by atoms with E-state index in [-0.39, 0.29) is 6.09 Å². The van der Waals surface area contributed by atoms with Gasteiger partial charge in [-0.05, 0) is 92.2 Å². The first-order chi connectivity index (χ1) is 9.33. The fourth-order valence-electron chi connectivity index (χ4n) is 1.75. The number of halogens is 3. The largest absolute Gasteiger partial charge is 0.443 e. The van der Waals surface area contributed by atoms with E-state index < -0.39 is 11.1 Å². The first-order valence-corrected chi connectivity index (χ1v) is 8.75. The molecule has 0 aliphatic carbocycles. The van der Waals surface area contributed by atoms with Crippen molar-refractivity contribution in [2.45, 2.75) is 52.7 Å². The zero-order valence-electron chi connectivity index (χ0n) is 13.1. The molecule has 1 amide bonds. The number of nitrogens with zero attached hydrogens (tertiary/aromatic N) is 1. The fourth-order valence-corrected chi connectivity index (χ4v) is 2.83. The summed E-state index contributed by atoms with van der Waals surface area (Å²) in [5.41, 5.74) is -0.281. The van der Waals surface area contributed by atoms with Gasteiger partial charge in [0.25, 0.3) is 0 Å². The number of hydrogen-bond donors (Lipinski definition) is 0. The maximum Gasteiger partial charge on any atom is 0.415 e. The molecule has 21 heavy (non-hydrogen) atoms. The molecule has 0 heterocycles. The number of carbonyl (C=O) groups is 1. The molecule has 0 fully saturated rings. The van der Waals surface area contributed by atoms with Gasteiger partial charge in [-0.2, -0.15) is 0 Å². The summed E-state index contributed by atoms with van der Waals surface area (Å²) < 4.78 is 7.28. The second-order valence-electron chi connectivity index (χ2n) is 6.71. The van der Waals surface area contributed by atoms with Crippen LogP contribution < -0.4 is 4.90 Å². The molecule has 0 bridgehead atoms. The van der Waals surface area contributed by atoms with E-state index in [1.54, 1.807) is 11.0 Å². The van der Waals surface area contributed by atoms with Crippen molar-refractivity contribution in [3.63, 3.8) is 0 Å². The van der Waals surface area contributed by atoms with E-state index in [1.165, 1.54) is 0 Å². The van der Waals surface area contributed by atoms with Gasteiger partial charge in [0.05, 0.1) is 10.7 Å². The van der Waals surface area contributed by atoms with Gasteiger partial charge in [-0.1, -0.05) is 11.6 Å². The summed E-state index contributed by atoms with van der Waals surface area (Å²) in [6.07, 6.45) is -0.390. The second-order valence-corrected chi connectivity index (χ2v) is 9.05. The number of anilines is 1. The summed E-state index contributed by atoms with van der Waals surface area (Å²) in [6.45, 7) is 11.4. The first-order valence-electron chi connectivity index (χ1n) is 6.50. The molecule has 1 aromatic carbocycles. The summed E-state index contributed by atoms with van der Waals surface area (Å²) in [5.74, 6) is 0. The number of hydrogen-bond acceptors (Lipinski definition) is 2. The van der Waals surface area contributed by atoms with Gasteiger partial charge in [-0.25, -0.2) is 4.79 Å². The Morgan fingerprint density at radius 2 is 1.76 bits per heavy atom. The monoisotopic (exact) mass is 487 g/mol. The van der Waals surface area contributed by atoms with Crippen molar-refractivity contribution in [3.8, 4) is 0 Å². The average molecular weight is 489 g/mol. The lowest BCUT2D eigenvalue weighted by atomic mass is 10.1. The number of ether oxygens (including phenoxy) is 1. The van der Waals surface area contributed by atoms with Crippen molar-refractivity contribution in [1.82, 2.24) is 0 Å². The molecule has 0 saturated heterocycles. The van der Waals surface area contributed by atoms with E-state index in [2.05, 4.69) is 38.5 Å². The summed E-state index contributed by atoms with van der Waals surface area (Å²) >= 11 is 11.9. The van der Waals surface area contributed by atoms with Gasteiger partial charge in [0.2, 0.25) is 0 Å². The Morgan fingerprint density at radius 3 is 2.14 bits per heavy atom.